The van der Waals surface area contributed by atoms with Crippen molar-refractivity contribution in [2.24, 2.45) is 0 Å². The largest absolute Gasteiger partial charge is 0.508 e. The van der Waals surface area contributed by atoms with Gasteiger partial charge in [-0.3, -0.25) is 4.79 Å². The van der Waals surface area contributed by atoms with Crippen LogP contribution in [0.1, 0.15) is 35.3 Å². The first-order chi connectivity index (χ1) is 12.3. The summed E-state index contributed by atoms with van der Waals surface area (Å²) in [5.74, 6) is 1.02. The minimum absolute atomic E-state index is 0.173. The van der Waals surface area contributed by atoms with Gasteiger partial charge >= 0.3 is 0 Å². The fraction of sp³-hybridized carbons (Fsp3) is 0.286. The van der Waals surface area contributed by atoms with Crippen molar-refractivity contribution in [2.75, 3.05) is 7.11 Å². The number of ether oxygens (including phenoxy) is 2. The van der Waals surface area contributed by atoms with Crippen LogP contribution in [0.2, 0.25) is 0 Å². The molecule has 1 unspecified atom stereocenters. The average molecular weight is 354 g/mol. The summed E-state index contributed by atoms with van der Waals surface area (Å²) < 4.78 is 11.3. The van der Waals surface area contributed by atoms with E-state index >= 15 is 0 Å². The molecule has 26 heavy (non-hydrogen) atoms. The van der Waals surface area contributed by atoms with Crippen molar-refractivity contribution in [2.45, 2.75) is 32.0 Å². The van der Waals surface area contributed by atoms with Crippen LogP contribution in [0.3, 0.4) is 0 Å². The number of phenolic OH excluding ortho intramolecular Hbond substituents is 1. The molecule has 1 atom stereocenters. The number of phenols is 1. The SMILES string of the molecule is COc1ccc(C(=O)/C=C/c2ccc(O)cc2)c2c1CC(O)C(C)(C)O2. The molecule has 1 aliphatic heterocycles. The molecular formula is C21H22O5. The monoisotopic (exact) mass is 354 g/mol. The van der Waals surface area contributed by atoms with E-state index in [0.29, 0.717) is 29.0 Å². The number of carbonyl (C=O) groups is 1. The number of allylic oxidation sites excluding steroid dienone is 1. The first-order valence-corrected chi connectivity index (χ1v) is 8.40. The van der Waals surface area contributed by atoms with Crippen molar-refractivity contribution in [1.29, 1.82) is 0 Å². The van der Waals surface area contributed by atoms with Crippen LogP contribution < -0.4 is 9.47 Å². The molecule has 0 radical (unpaired) electrons. The van der Waals surface area contributed by atoms with Gasteiger partial charge in [-0.1, -0.05) is 18.2 Å². The summed E-state index contributed by atoms with van der Waals surface area (Å²) in [6.07, 6.45) is 2.81. The molecule has 2 aromatic carbocycles. The second kappa shape index (κ2) is 6.84. The molecule has 136 valence electrons. The lowest BCUT2D eigenvalue weighted by atomic mass is 9.88. The van der Waals surface area contributed by atoms with Gasteiger partial charge < -0.3 is 19.7 Å². The van der Waals surface area contributed by atoms with E-state index in [9.17, 15) is 15.0 Å². The molecule has 0 saturated carbocycles. The smallest absolute Gasteiger partial charge is 0.189 e. The molecule has 0 amide bonds. The maximum absolute atomic E-state index is 12.7. The van der Waals surface area contributed by atoms with Gasteiger partial charge in [0.1, 0.15) is 22.8 Å². The highest BCUT2D eigenvalue weighted by molar-refractivity contribution is 6.09. The number of aromatic hydroxyl groups is 1. The number of ketones is 1. The van der Waals surface area contributed by atoms with Crippen molar-refractivity contribution in [3.05, 3.63) is 59.2 Å². The van der Waals surface area contributed by atoms with Crippen molar-refractivity contribution < 1.29 is 24.5 Å². The highest BCUT2D eigenvalue weighted by atomic mass is 16.5. The number of benzene rings is 2. The maximum Gasteiger partial charge on any atom is 0.189 e. The zero-order valence-corrected chi connectivity index (χ0v) is 15.0. The second-order valence-electron chi connectivity index (χ2n) is 6.84. The van der Waals surface area contributed by atoms with Crippen LogP contribution in [0.5, 0.6) is 17.2 Å². The van der Waals surface area contributed by atoms with E-state index in [2.05, 4.69) is 0 Å². The van der Waals surface area contributed by atoms with Crippen molar-refractivity contribution in [1.82, 2.24) is 0 Å². The summed E-state index contributed by atoms with van der Waals surface area (Å²) in [6.45, 7) is 3.58. The van der Waals surface area contributed by atoms with E-state index < -0.39 is 11.7 Å². The molecule has 0 fully saturated rings. The zero-order chi connectivity index (χ0) is 18.9. The van der Waals surface area contributed by atoms with Gasteiger partial charge in [0.25, 0.3) is 0 Å². The first-order valence-electron chi connectivity index (χ1n) is 8.40. The van der Waals surface area contributed by atoms with Gasteiger partial charge in [-0.05, 0) is 49.8 Å². The third-order valence-electron chi connectivity index (χ3n) is 4.59. The molecule has 0 spiro atoms. The Labute approximate surface area is 152 Å². The van der Waals surface area contributed by atoms with E-state index in [0.717, 1.165) is 5.56 Å². The topological polar surface area (TPSA) is 76.0 Å². The predicted molar refractivity (Wildman–Crippen MR) is 98.9 cm³/mol. The Morgan fingerprint density at radius 2 is 1.92 bits per heavy atom. The number of hydrogen-bond donors (Lipinski definition) is 2. The Balaban J connectivity index is 1.96. The minimum atomic E-state index is -0.797. The number of hydrogen-bond acceptors (Lipinski definition) is 5. The number of fused-ring (bicyclic) bond motifs is 1. The molecule has 5 nitrogen and oxygen atoms in total. The lowest BCUT2D eigenvalue weighted by Crippen LogP contribution is -2.46. The Bertz CT molecular complexity index is 849. The maximum atomic E-state index is 12.7. The quantitative estimate of drug-likeness (QED) is 0.650. The van der Waals surface area contributed by atoms with Crippen LogP contribution in [-0.2, 0) is 6.42 Å². The van der Waals surface area contributed by atoms with E-state index in [1.165, 1.54) is 6.08 Å². The fourth-order valence-corrected chi connectivity index (χ4v) is 2.92. The molecule has 2 aromatic rings. The zero-order valence-electron chi connectivity index (χ0n) is 15.0. The van der Waals surface area contributed by atoms with Gasteiger partial charge in [-0.2, -0.15) is 0 Å². The van der Waals surface area contributed by atoms with Crippen molar-refractivity contribution in [3.63, 3.8) is 0 Å². The third-order valence-corrected chi connectivity index (χ3v) is 4.59. The van der Waals surface area contributed by atoms with E-state index in [-0.39, 0.29) is 11.5 Å². The molecule has 0 aromatic heterocycles. The van der Waals surface area contributed by atoms with Crippen LogP contribution in [0.4, 0.5) is 0 Å². The first kappa shape index (κ1) is 18.0. The predicted octanol–water partition coefficient (Wildman–Crippen LogP) is 3.37. The Morgan fingerprint density at radius 3 is 2.58 bits per heavy atom. The van der Waals surface area contributed by atoms with Gasteiger partial charge in [-0.25, -0.2) is 0 Å². The third kappa shape index (κ3) is 3.44. The summed E-state index contributed by atoms with van der Waals surface area (Å²) in [4.78, 5) is 12.7. The average Bonchev–Trinajstić information content (AvgIpc) is 2.61. The molecule has 0 aliphatic carbocycles. The number of rotatable bonds is 4. The summed E-state index contributed by atoms with van der Waals surface area (Å²) in [7, 11) is 1.55. The molecule has 0 saturated heterocycles. The van der Waals surface area contributed by atoms with Crippen LogP contribution in [0.15, 0.2) is 42.5 Å². The number of carbonyl (C=O) groups excluding carboxylic acids is 1. The van der Waals surface area contributed by atoms with Gasteiger partial charge in [-0.15, -0.1) is 0 Å². The van der Waals surface area contributed by atoms with Crippen molar-refractivity contribution in [3.8, 4) is 17.2 Å². The molecule has 0 bridgehead atoms. The Hall–Kier alpha value is -2.79. The normalized spacial score (nSPS) is 18.2. The Kier molecular flexibility index (Phi) is 4.74. The number of aliphatic hydroxyl groups is 1. The lowest BCUT2D eigenvalue weighted by Gasteiger charge is -2.38. The summed E-state index contributed by atoms with van der Waals surface area (Å²) >= 11 is 0. The number of methoxy groups -OCH3 is 1. The lowest BCUT2D eigenvalue weighted by molar-refractivity contribution is -0.0420. The van der Waals surface area contributed by atoms with Crippen LogP contribution in [0.25, 0.3) is 6.08 Å². The van der Waals surface area contributed by atoms with E-state index in [1.807, 2.05) is 0 Å². The van der Waals surface area contributed by atoms with E-state index in [4.69, 9.17) is 9.47 Å². The van der Waals surface area contributed by atoms with Crippen LogP contribution >= 0.6 is 0 Å². The van der Waals surface area contributed by atoms with Crippen molar-refractivity contribution >= 4 is 11.9 Å². The fourth-order valence-electron chi connectivity index (χ4n) is 2.92. The standard InChI is InChI=1S/C21H22O5/c1-21(2)19(24)12-16-18(25-3)11-9-15(20(16)26-21)17(23)10-6-13-4-7-14(22)8-5-13/h4-11,19,22,24H,12H2,1-3H3/b10-6+. The second-order valence-corrected chi connectivity index (χ2v) is 6.84. The molecule has 2 N–H and O–H groups in total. The molecule has 1 aliphatic rings. The summed E-state index contributed by atoms with van der Waals surface area (Å²) in [6, 6.07) is 9.96. The summed E-state index contributed by atoms with van der Waals surface area (Å²) in [5.41, 5.74) is 1.13. The van der Waals surface area contributed by atoms with Gasteiger partial charge in [0, 0.05) is 12.0 Å². The molecule has 1 heterocycles. The molecular weight excluding hydrogens is 332 g/mol. The summed E-state index contributed by atoms with van der Waals surface area (Å²) in [5, 5.41) is 19.6. The van der Waals surface area contributed by atoms with Crippen LogP contribution in [0, 0.1) is 0 Å². The highest BCUT2D eigenvalue weighted by Gasteiger charge is 2.38. The van der Waals surface area contributed by atoms with Crippen LogP contribution in [-0.4, -0.2) is 34.8 Å². The van der Waals surface area contributed by atoms with Gasteiger partial charge in [0.05, 0.1) is 18.8 Å². The van der Waals surface area contributed by atoms with Gasteiger partial charge in [0.2, 0.25) is 0 Å². The van der Waals surface area contributed by atoms with Gasteiger partial charge in [0.15, 0.2) is 5.78 Å². The Morgan fingerprint density at radius 1 is 1.23 bits per heavy atom. The van der Waals surface area contributed by atoms with E-state index in [1.54, 1.807) is 63.4 Å². The highest BCUT2D eigenvalue weighted by Crippen LogP contribution is 2.41. The molecule has 3 rings (SSSR count). The molecule has 5 heteroatoms. The number of aliphatic hydroxyl groups excluding tert-OH is 1. The minimum Gasteiger partial charge on any atom is -0.508 e.